The Kier molecular flexibility index (Phi) is 7.06. The van der Waals surface area contributed by atoms with Crippen LogP contribution in [0.1, 0.15) is 49.4 Å². The molecular weight excluding hydrogens is 378 g/mol. The van der Waals surface area contributed by atoms with Crippen LogP contribution in [0.3, 0.4) is 0 Å². The second-order valence-electron chi connectivity index (χ2n) is 6.71. The van der Waals surface area contributed by atoms with Crippen LogP contribution in [-0.4, -0.2) is 39.2 Å². The predicted molar refractivity (Wildman–Crippen MR) is 99.0 cm³/mol. The van der Waals surface area contributed by atoms with E-state index in [1.165, 1.54) is 38.3 Å². The molecule has 1 atom stereocenters. The van der Waals surface area contributed by atoms with E-state index in [4.69, 9.17) is 16.3 Å². The van der Waals surface area contributed by atoms with Crippen LogP contribution < -0.4 is 5.32 Å². The monoisotopic (exact) mass is 401 g/mol. The molecule has 6 nitrogen and oxygen atoms in total. The molecule has 0 radical (unpaired) electrons. The van der Waals surface area contributed by atoms with Gasteiger partial charge in [-0.05, 0) is 43.9 Å². The molecule has 1 saturated carbocycles. The van der Waals surface area contributed by atoms with Crippen molar-refractivity contribution in [1.29, 1.82) is 0 Å². The Hall–Kier alpha value is -1.60. The van der Waals surface area contributed by atoms with Gasteiger partial charge in [0, 0.05) is 12.8 Å². The highest BCUT2D eigenvalue weighted by atomic mass is 35.5. The van der Waals surface area contributed by atoms with Gasteiger partial charge in [-0.3, -0.25) is 4.79 Å². The molecule has 1 amide bonds. The minimum Gasteiger partial charge on any atom is -0.449 e. The quantitative estimate of drug-likeness (QED) is 0.740. The first-order valence-corrected chi connectivity index (χ1v) is 10.9. The molecule has 0 saturated heterocycles. The Morgan fingerprint density at radius 2 is 1.92 bits per heavy atom. The second kappa shape index (κ2) is 8.86. The minimum absolute atomic E-state index is 0.0294. The molecule has 1 aromatic rings. The summed E-state index contributed by atoms with van der Waals surface area (Å²) in [6.45, 7) is 2.07. The number of nitrogens with one attached hydrogen (secondary N) is 1. The first-order chi connectivity index (χ1) is 12.2. The molecule has 0 heterocycles. The molecule has 0 spiro atoms. The lowest BCUT2D eigenvalue weighted by atomic mass is 9.89. The maximum Gasteiger partial charge on any atom is 0.338 e. The average molecular weight is 402 g/mol. The normalized spacial score (nSPS) is 16.7. The minimum atomic E-state index is -3.57. The van der Waals surface area contributed by atoms with Crippen molar-refractivity contribution in [2.24, 2.45) is 5.92 Å². The van der Waals surface area contributed by atoms with Crippen molar-refractivity contribution >= 4 is 33.3 Å². The average Bonchev–Trinajstić information content (AvgIpc) is 2.59. The lowest BCUT2D eigenvalue weighted by Crippen LogP contribution is -2.38. The highest BCUT2D eigenvalue weighted by Gasteiger charge is 2.22. The molecule has 1 unspecified atom stereocenters. The van der Waals surface area contributed by atoms with E-state index in [2.05, 4.69) is 5.32 Å². The molecule has 0 aliphatic heterocycles. The number of carbonyl (C=O) groups is 2. The van der Waals surface area contributed by atoms with Gasteiger partial charge in [0.2, 0.25) is 0 Å². The number of ether oxygens (including phenoxy) is 1. The zero-order valence-corrected chi connectivity index (χ0v) is 16.5. The van der Waals surface area contributed by atoms with Gasteiger partial charge in [0.05, 0.1) is 15.5 Å². The van der Waals surface area contributed by atoms with Gasteiger partial charge in [-0.1, -0.05) is 30.9 Å². The topological polar surface area (TPSA) is 89.5 Å². The van der Waals surface area contributed by atoms with E-state index in [0.717, 1.165) is 25.2 Å². The summed E-state index contributed by atoms with van der Waals surface area (Å²) in [5.74, 6) is -0.655. The molecule has 1 N–H and O–H groups in total. The van der Waals surface area contributed by atoms with Crippen molar-refractivity contribution in [3.63, 3.8) is 0 Å². The summed E-state index contributed by atoms with van der Waals surface area (Å²) in [7, 11) is -3.57. The van der Waals surface area contributed by atoms with Crippen LogP contribution in [0, 0.1) is 5.92 Å². The van der Waals surface area contributed by atoms with E-state index in [1.54, 1.807) is 0 Å². The third-order valence-corrected chi connectivity index (χ3v) is 6.09. The zero-order chi connectivity index (χ0) is 19.3. The van der Waals surface area contributed by atoms with Crippen molar-refractivity contribution in [3.05, 3.63) is 28.8 Å². The summed E-state index contributed by atoms with van der Waals surface area (Å²) >= 11 is 5.86. The van der Waals surface area contributed by atoms with Crippen molar-refractivity contribution in [2.45, 2.75) is 50.0 Å². The third-order valence-electron chi connectivity index (χ3n) is 4.51. The van der Waals surface area contributed by atoms with Crippen LogP contribution in [0.5, 0.6) is 0 Å². The van der Waals surface area contributed by atoms with Gasteiger partial charge >= 0.3 is 5.97 Å². The fraction of sp³-hybridized carbons (Fsp3) is 0.556. The van der Waals surface area contributed by atoms with Crippen LogP contribution in [0.2, 0.25) is 5.02 Å². The summed E-state index contributed by atoms with van der Waals surface area (Å²) in [5.41, 5.74) is 0.0294. The third kappa shape index (κ3) is 5.71. The lowest BCUT2D eigenvalue weighted by molar-refractivity contribution is -0.129. The summed E-state index contributed by atoms with van der Waals surface area (Å²) in [6, 6.07) is 3.85. The van der Waals surface area contributed by atoms with Gasteiger partial charge in [0.15, 0.2) is 15.9 Å². The summed E-state index contributed by atoms with van der Waals surface area (Å²) < 4.78 is 28.5. The van der Waals surface area contributed by atoms with Crippen LogP contribution in [0.4, 0.5) is 0 Å². The van der Waals surface area contributed by atoms with Crippen LogP contribution in [0.25, 0.3) is 0 Å². The van der Waals surface area contributed by atoms with Crippen LogP contribution in [0.15, 0.2) is 23.1 Å². The van der Waals surface area contributed by atoms with Gasteiger partial charge in [-0.15, -0.1) is 0 Å². The number of esters is 1. The predicted octanol–water partition coefficient (Wildman–Crippen LogP) is 2.99. The summed E-state index contributed by atoms with van der Waals surface area (Å²) in [5, 5.41) is 2.85. The maximum atomic E-state index is 12.2. The molecular formula is C18H24ClNO5S. The Bertz CT molecular complexity index is 772. The molecule has 1 aliphatic rings. The molecule has 8 heteroatoms. The van der Waals surface area contributed by atoms with Gasteiger partial charge in [0.1, 0.15) is 0 Å². The van der Waals surface area contributed by atoms with Crippen LogP contribution in [-0.2, 0) is 19.4 Å². The molecule has 1 aromatic carbocycles. The first-order valence-electron chi connectivity index (χ1n) is 8.67. The van der Waals surface area contributed by atoms with E-state index in [-0.39, 0.29) is 21.4 Å². The zero-order valence-electron chi connectivity index (χ0n) is 15.0. The van der Waals surface area contributed by atoms with Gasteiger partial charge in [-0.25, -0.2) is 13.2 Å². The maximum absolute atomic E-state index is 12.2. The van der Waals surface area contributed by atoms with Crippen molar-refractivity contribution in [1.82, 2.24) is 5.32 Å². The van der Waals surface area contributed by atoms with Crippen molar-refractivity contribution < 1.29 is 22.7 Å². The number of hydrogen-bond donors (Lipinski definition) is 1. The molecule has 1 aliphatic carbocycles. The molecule has 26 heavy (non-hydrogen) atoms. The first kappa shape index (κ1) is 20.7. The number of carbonyl (C=O) groups excluding carboxylic acids is 2. The van der Waals surface area contributed by atoms with E-state index in [1.807, 2.05) is 0 Å². The number of sulfone groups is 1. The number of hydrogen-bond acceptors (Lipinski definition) is 5. The fourth-order valence-corrected chi connectivity index (χ4v) is 4.28. The van der Waals surface area contributed by atoms with Gasteiger partial charge in [-0.2, -0.15) is 0 Å². The Morgan fingerprint density at radius 1 is 1.27 bits per heavy atom. The molecule has 0 bridgehead atoms. The van der Waals surface area contributed by atoms with E-state index < -0.39 is 21.9 Å². The molecule has 1 fully saturated rings. The van der Waals surface area contributed by atoms with Crippen molar-refractivity contribution in [3.8, 4) is 0 Å². The highest BCUT2D eigenvalue weighted by molar-refractivity contribution is 7.90. The molecule has 0 aromatic heterocycles. The Balaban J connectivity index is 1.94. The number of rotatable bonds is 6. The Labute approximate surface area is 159 Å². The molecule has 2 rings (SSSR count). The highest BCUT2D eigenvalue weighted by Crippen LogP contribution is 2.24. The molecule has 144 valence electrons. The smallest absolute Gasteiger partial charge is 0.338 e. The lowest BCUT2D eigenvalue weighted by Gasteiger charge is -2.22. The van der Waals surface area contributed by atoms with Gasteiger partial charge in [0.25, 0.3) is 5.91 Å². The SMILES string of the molecule is CC(OC(=O)c1ccc(Cl)c(S(C)(=O)=O)c1)C(=O)NCC1CCCCC1. The largest absolute Gasteiger partial charge is 0.449 e. The van der Waals surface area contributed by atoms with Gasteiger partial charge < -0.3 is 10.1 Å². The number of amides is 1. The standard InChI is InChI=1S/C18H24ClNO5S/c1-12(17(21)20-11-13-6-4-3-5-7-13)25-18(22)14-8-9-15(19)16(10-14)26(2,23)24/h8-10,12-13H,3-7,11H2,1-2H3,(H,20,21). The Morgan fingerprint density at radius 3 is 2.54 bits per heavy atom. The second-order valence-corrected chi connectivity index (χ2v) is 9.11. The van der Waals surface area contributed by atoms with E-state index in [0.29, 0.717) is 12.5 Å². The summed E-state index contributed by atoms with van der Waals surface area (Å²) in [4.78, 5) is 24.2. The van der Waals surface area contributed by atoms with E-state index >= 15 is 0 Å². The number of benzene rings is 1. The van der Waals surface area contributed by atoms with Crippen LogP contribution >= 0.6 is 11.6 Å². The van der Waals surface area contributed by atoms with E-state index in [9.17, 15) is 18.0 Å². The summed E-state index contributed by atoms with van der Waals surface area (Å²) in [6.07, 6.45) is 5.86. The fourth-order valence-electron chi connectivity index (χ4n) is 2.98. The number of halogens is 1. The van der Waals surface area contributed by atoms with Crippen molar-refractivity contribution in [2.75, 3.05) is 12.8 Å².